The SMILES string of the molecule is COCCOCCCNC(=O)c1ccc(CCN)cc1. The topological polar surface area (TPSA) is 73.6 Å². The van der Waals surface area contributed by atoms with Crippen molar-refractivity contribution in [2.45, 2.75) is 12.8 Å². The van der Waals surface area contributed by atoms with Crippen molar-refractivity contribution in [2.24, 2.45) is 5.73 Å². The lowest BCUT2D eigenvalue weighted by Crippen LogP contribution is -2.25. The number of amides is 1. The van der Waals surface area contributed by atoms with E-state index in [1.54, 1.807) is 7.11 Å². The molecule has 0 aliphatic carbocycles. The summed E-state index contributed by atoms with van der Waals surface area (Å²) in [6, 6.07) is 7.54. The van der Waals surface area contributed by atoms with Crippen LogP contribution in [0.15, 0.2) is 24.3 Å². The number of rotatable bonds is 10. The van der Waals surface area contributed by atoms with Crippen molar-refractivity contribution >= 4 is 5.91 Å². The lowest BCUT2D eigenvalue weighted by atomic mass is 10.1. The quantitative estimate of drug-likeness (QED) is 0.626. The standard InChI is InChI=1S/C15H24N2O3/c1-19-11-12-20-10-2-9-17-15(18)14-5-3-13(4-6-14)7-8-16/h3-6H,2,7-12,16H2,1H3,(H,17,18). The van der Waals surface area contributed by atoms with Crippen molar-refractivity contribution in [3.63, 3.8) is 0 Å². The molecule has 1 amide bonds. The fourth-order valence-corrected chi connectivity index (χ4v) is 1.71. The van der Waals surface area contributed by atoms with E-state index >= 15 is 0 Å². The Morgan fingerprint density at radius 2 is 1.95 bits per heavy atom. The van der Waals surface area contributed by atoms with Crippen LogP contribution in [0.25, 0.3) is 0 Å². The van der Waals surface area contributed by atoms with Gasteiger partial charge in [-0.25, -0.2) is 0 Å². The average molecular weight is 280 g/mol. The lowest BCUT2D eigenvalue weighted by Gasteiger charge is -2.07. The smallest absolute Gasteiger partial charge is 0.251 e. The Morgan fingerprint density at radius 1 is 1.20 bits per heavy atom. The predicted octanol–water partition coefficient (Wildman–Crippen LogP) is 0.971. The van der Waals surface area contributed by atoms with E-state index in [0.29, 0.717) is 38.5 Å². The summed E-state index contributed by atoms with van der Waals surface area (Å²) in [6.07, 6.45) is 1.63. The second kappa shape index (κ2) is 10.4. The van der Waals surface area contributed by atoms with E-state index in [0.717, 1.165) is 18.4 Å². The first-order chi connectivity index (χ1) is 9.77. The molecule has 1 rings (SSSR count). The number of ether oxygens (including phenoxy) is 2. The van der Waals surface area contributed by atoms with Gasteiger partial charge in [0, 0.05) is 25.8 Å². The van der Waals surface area contributed by atoms with Gasteiger partial charge in [0.05, 0.1) is 13.2 Å². The summed E-state index contributed by atoms with van der Waals surface area (Å²) in [4.78, 5) is 11.9. The predicted molar refractivity (Wildman–Crippen MR) is 78.8 cm³/mol. The molecular formula is C15H24N2O3. The van der Waals surface area contributed by atoms with Crippen molar-refractivity contribution in [1.29, 1.82) is 0 Å². The van der Waals surface area contributed by atoms with Crippen LogP contribution in [-0.4, -0.2) is 45.9 Å². The first kappa shape index (κ1) is 16.6. The highest BCUT2D eigenvalue weighted by molar-refractivity contribution is 5.94. The molecule has 0 aliphatic rings. The Labute approximate surface area is 120 Å². The zero-order chi connectivity index (χ0) is 14.6. The maximum atomic E-state index is 11.9. The van der Waals surface area contributed by atoms with Crippen LogP contribution in [0.3, 0.4) is 0 Å². The van der Waals surface area contributed by atoms with Crippen LogP contribution >= 0.6 is 0 Å². The molecule has 0 fully saturated rings. The third kappa shape index (κ3) is 6.65. The lowest BCUT2D eigenvalue weighted by molar-refractivity contribution is 0.0688. The molecule has 0 aliphatic heterocycles. The average Bonchev–Trinajstić information content (AvgIpc) is 2.47. The van der Waals surface area contributed by atoms with E-state index in [1.807, 2.05) is 24.3 Å². The van der Waals surface area contributed by atoms with Crippen molar-refractivity contribution in [3.8, 4) is 0 Å². The highest BCUT2D eigenvalue weighted by Gasteiger charge is 2.04. The van der Waals surface area contributed by atoms with Crippen LogP contribution in [0.4, 0.5) is 0 Å². The number of carbonyl (C=O) groups excluding carboxylic acids is 1. The highest BCUT2D eigenvalue weighted by atomic mass is 16.5. The van der Waals surface area contributed by atoms with Gasteiger partial charge in [0.1, 0.15) is 0 Å². The second-order valence-electron chi connectivity index (χ2n) is 4.45. The molecule has 0 saturated heterocycles. The van der Waals surface area contributed by atoms with Crippen LogP contribution < -0.4 is 11.1 Å². The van der Waals surface area contributed by atoms with E-state index in [9.17, 15) is 4.79 Å². The molecule has 0 unspecified atom stereocenters. The van der Waals surface area contributed by atoms with Gasteiger partial charge in [-0.1, -0.05) is 12.1 Å². The molecule has 0 radical (unpaired) electrons. The van der Waals surface area contributed by atoms with Crippen LogP contribution in [0, 0.1) is 0 Å². The molecule has 0 bridgehead atoms. The van der Waals surface area contributed by atoms with Gasteiger partial charge < -0.3 is 20.5 Å². The molecule has 20 heavy (non-hydrogen) atoms. The zero-order valence-electron chi connectivity index (χ0n) is 12.1. The first-order valence-electron chi connectivity index (χ1n) is 6.92. The summed E-state index contributed by atoms with van der Waals surface area (Å²) in [6.45, 7) is 3.04. The van der Waals surface area contributed by atoms with Crippen LogP contribution in [-0.2, 0) is 15.9 Å². The number of nitrogens with one attached hydrogen (secondary N) is 1. The molecule has 0 spiro atoms. The minimum Gasteiger partial charge on any atom is -0.382 e. The minimum absolute atomic E-state index is 0.0545. The van der Waals surface area contributed by atoms with Crippen LogP contribution in [0.5, 0.6) is 0 Å². The first-order valence-corrected chi connectivity index (χ1v) is 6.92. The van der Waals surface area contributed by atoms with E-state index in [4.69, 9.17) is 15.2 Å². The monoisotopic (exact) mass is 280 g/mol. The number of hydrogen-bond donors (Lipinski definition) is 2. The van der Waals surface area contributed by atoms with E-state index in [2.05, 4.69) is 5.32 Å². The van der Waals surface area contributed by atoms with Gasteiger partial charge in [-0.3, -0.25) is 4.79 Å². The van der Waals surface area contributed by atoms with Crippen molar-refractivity contribution in [3.05, 3.63) is 35.4 Å². The summed E-state index contributed by atoms with van der Waals surface area (Å²) < 4.78 is 10.2. The van der Waals surface area contributed by atoms with Crippen molar-refractivity contribution < 1.29 is 14.3 Å². The van der Waals surface area contributed by atoms with E-state index in [1.165, 1.54) is 0 Å². The molecule has 0 saturated carbocycles. The molecule has 1 aromatic carbocycles. The van der Waals surface area contributed by atoms with Gasteiger partial charge in [0.25, 0.3) is 5.91 Å². The van der Waals surface area contributed by atoms with Gasteiger partial charge in [-0.15, -0.1) is 0 Å². The number of nitrogens with two attached hydrogens (primary N) is 1. The Bertz CT molecular complexity index is 379. The number of carbonyl (C=O) groups is 1. The summed E-state index contributed by atoms with van der Waals surface area (Å²) >= 11 is 0. The van der Waals surface area contributed by atoms with E-state index < -0.39 is 0 Å². The van der Waals surface area contributed by atoms with Crippen molar-refractivity contribution in [1.82, 2.24) is 5.32 Å². The molecule has 0 aromatic heterocycles. The van der Waals surface area contributed by atoms with Gasteiger partial charge >= 0.3 is 0 Å². The molecule has 5 nitrogen and oxygen atoms in total. The minimum atomic E-state index is -0.0545. The third-order valence-electron chi connectivity index (χ3n) is 2.83. The Kier molecular flexibility index (Phi) is 8.62. The van der Waals surface area contributed by atoms with Crippen LogP contribution in [0.1, 0.15) is 22.3 Å². The summed E-state index contributed by atoms with van der Waals surface area (Å²) in [7, 11) is 1.64. The van der Waals surface area contributed by atoms with E-state index in [-0.39, 0.29) is 5.91 Å². The normalized spacial score (nSPS) is 10.5. The summed E-state index contributed by atoms with van der Waals surface area (Å²) in [5.74, 6) is -0.0545. The molecule has 3 N–H and O–H groups in total. The molecule has 5 heteroatoms. The molecule has 0 atom stereocenters. The van der Waals surface area contributed by atoms with Gasteiger partial charge in [0.15, 0.2) is 0 Å². The Hall–Kier alpha value is -1.43. The fourth-order valence-electron chi connectivity index (χ4n) is 1.71. The number of hydrogen-bond acceptors (Lipinski definition) is 4. The maximum absolute atomic E-state index is 11.9. The second-order valence-corrected chi connectivity index (χ2v) is 4.45. The fraction of sp³-hybridized carbons (Fsp3) is 0.533. The number of methoxy groups -OCH3 is 1. The van der Waals surface area contributed by atoms with Crippen molar-refractivity contribution in [2.75, 3.05) is 40.0 Å². The zero-order valence-corrected chi connectivity index (χ0v) is 12.1. The maximum Gasteiger partial charge on any atom is 0.251 e. The van der Waals surface area contributed by atoms with Crippen LogP contribution in [0.2, 0.25) is 0 Å². The van der Waals surface area contributed by atoms with Gasteiger partial charge in [0.2, 0.25) is 0 Å². The Balaban J connectivity index is 2.18. The Morgan fingerprint density at radius 3 is 2.60 bits per heavy atom. The summed E-state index contributed by atoms with van der Waals surface area (Å²) in [5, 5.41) is 2.87. The number of benzene rings is 1. The van der Waals surface area contributed by atoms with Gasteiger partial charge in [-0.05, 0) is 37.1 Å². The molecule has 112 valence electrons. The van der Waals surface area contributed by atoms with Gasteiger partial charge in [-0.2, -0.15) is 0 Å². The highest BCUT2D eigenvalue weighted by Crippen LogP contribution is 2.04. The largest absolute Gasteiger partial charge is 0.382 e. The summed E-state index contributed by atoms with van der Waals surface area (Å²) in [5.41, 5.74) is 7.30. The molecule has 1 aromatic rings. The molecule has 0 heterocycles. The molecular weight excluding hydrogens is 256 g/mol. The third-order valence-corrected chi connectivity index (χ3v) is 2.83.